The van der Waals surface area contributed by atoms with Crippen LogP contribution in [0, 0.1) is 11.3 Å². The van der Waals surface area contributed by atoms with Gasteiger partial charge in [0.1, 0.15) is 6.07 Å². The van der Waals surface area contributed by atoms with Crippen molar-refractivity contribution in [1.29, 1.82) is 5.26 Å². The maximum Gasteiger partial charge on any atom is 0.340 e. The van der Waals surface area contributed by atoms with Crippen LogP contribution in [0.4, 0.5) is 0 Å². The van der Waals surface area contributed by atoms with Crippen molar-refractivity contribution in [2.24, 2.45) is 7.05 Å². The van der Waals surface area contributed by atoms with Gasteiger partial charge in [0.05, 0.1) is 5.56 Å². The first-order valence-electron chi connectivity index (χ1n) is 3.40. The van der Waals surface area contributed by atoms with E-state index in [-0.39, 0.29) is 6.61 Å². The zero-order chi connectivity index (χ0) is 8.97. The predicted molar refractivity (Wildman–Crippen MR) is 41.3 cm³/mol. The lowest BCUT2D eigenvalue weighted by atomic mass is 10.3. The average Bonchev–Trinajstić information content (AvgIpc) is 2.47. The van der Waals surface area contributed by atoms with Crippen LogP contribution >= 0.6 is 0 Å². The molecule has 62 valence electrons. The molecule has 0 spiro atoms. The number of hydrogen-bond acceptors (Lipinski definition) is 3. The third kappa shape index (κ3) is 1.86. The summed E-state index contributed by atoms with van der Waals surface area (Å²) in [7, 11) is 1.81. The van der Waals surface area contributed by atoms with Gasteiger partial charge in [0, 0.05) is 19.4 Å². The fourth-order valence-electron chi connectivity index (χ4n) is 0.805. The van der Waals surface area contributed by atoms with Crippen LogP contribution in [-0.4, -0.2) is 17.1 Å². The number of aromatic nitrogens is 1. The highest BCUT2D eigenvalue weighted by Crippen LogP contribution is 2.01. The topological polar surface area (TPSA) is 55.0 Å². The maximum atomic E-state index is 11.0. The molecule has 0 bridgehead atoms. The van der Waals surface area contributed by atoms with Crippen molar-refractivity contribution in [2.75, 3.05) is 6.61 Å². The predicted octanol–water partition coefficient (Wildman–Crippen LogP) is 0.705. The van der Waals surface area contributed by atoms with Gasteiger partial charge in [-0.05, 0) is 6.07 Å². The van der Waals surface area contributed by atoms with Gasteiger partial charge < -0.3 is 9.30 Å². The van der Waals surface area contributed by atoms with Crippen LogP contribution in [0.15, 0.2) is 18.5 Å². The molecule has 0 unspecified atom stereocenters. The van der Waals surface area contributed by atoms with Crippen LogP contribution in [0.2, 0.25) is 0 Å². The fourth-order valence-corrected chi connectivity index (χ4v) is 0.805. The number of nitrogens with zero attached hydrogens (tertiary/aromatic N) is 2. The molecule has 0 aromatic carbocycles. The van der Waals surface area contributed by atoms with E-state index in [1.807, 2.05) is 0 Å². The third-order valence-corrected chi connectivity index (χ3v) is 1.34. The molecule has 1 rings (SSSR count). The Bertz CT molecular complexity index is 322. The van der Waals surface area contributed by atoms with Crippen LogP contribution in [0.5, 0.6) is 0 Å². The van der Waals surface area contributed by atoms with Crippen molar-refractivity contribution in [2.45, 2.75) is 0 Å². The third-order valence-electron chi connectivity index (χ3n) is 1.34. The summed E-state index contributed by atoms with van der Waals surface area (Å²) in [6.45, 7) is -0.201. The molecular weight excluding hydrogens is 156 g/mol. The average molecular weight is 164 g/mol. The van der Waals surface area contributed by atoms with Crippen molar-refractivity contribution in [3.05, 3.63) is 24.0 Å². The molecule has 4 heteroatoms. The van der Waals surface area contributed by atoms with E-state index >= 15 is 0 Å². The highest BCUT2D eigenvalue weighted by molar-refractivity contribution is 5.89. The second-order valence-corrected chi connectivity index (χ2v) is 2.30. The highest BCUT2D eigenvalue weighted by atomic mass is 16.5. The number of rotatable bonds is 2. The molecule has 1 heterocycles. The smallest absolute Gasteiger partial charge is 0.340 e. The second-order valence-electron chi connectivity index (χ2n) is 2.30. The normalized spacial score (nSPS) is 9.00. The molecule has 0 amide bonds. The molecular formula is C8H8N2O2. The molecule has 0 aliphatic heterocycles. The number of ether oxygens (including phenoxy) is 1. The minimum Gasteiger partial charge on any atom is -0.447 e. The van der Waals surface area contributed by atoms with Crippen molar-refractivity contribution in [3.8, 4) is 6.07 Å². The monoisotopic (exact) mass is 164 g/mol. The van der Waals surface area contributed by atoms with E-state index < -0.39 is 5.97 Å². The summed E-state index contributed by atoms with van der Waals surface area (Å²) in [5.74, 6) is -0.461. The van der Waals surface area contributed by atoms with Gasteiger partial charge in [-0.1, -0.05) is 0 Å². The zero-order valence-electron chi connectivity index (χ0n) is 6.65. The Morgan fingerprint density at radius 3 is 3.08 bits per heavy atom. The molecule has 4 nitrogen and oxygen atoms in total. The Labute approximate surface area is 70.0 Å². The Morgan fingerprint density at radius 1 is 1.83 bits per heavy atom. The quantitative estimate of drug-likeness (QED) is 0.605. The summed E-state index contributed by atoms with van der Waals surface area (Å²) in [6.07, 6.45) is 3.38. The number of esters is 1. The lowest BCUT2D eigenvalue weighted by Gasteiger charge is -1.95. The molecule has 0 aliphatic carbocycles. The molecule has 0 saturated carbocycles. The number of carbonyl (C=O) groups is 1. The van der Waals surface area contributed by atoms with E-state index in [1.54, 1.807) is 36.1 Å². The van der Waals surface area contributed by atoms with Crippen LogP contribution in [0.3, 0.4) is 0 Å². The Morgan fingerprint density at radius 2 is 2.58 bits per heavy atom. The summed E-state index contributed by atoms with van der Waals surface area (Å²) in [6, 6.07) is 3.36. The summed E-state index contributed by atoms with van der Waals surface area (Å²) in [5.41, 5.74) is 0.466. The number of hydrogen-bond donors (Lipinski definition) is 0. The second kappa shape index (κ2) is 3.58. The van der Waals surface area contributed by atoms with E-state index in [2.05, 4.69) is 4.74 Å². The molecule has 1 aromatic rings. The molecule has 0 atom stereocenters. The minimum absolute atomic E-state index is 0.201. The Balaban J connectivity index is 2.61. The van der Waals surface area contributed by atoms with E-state index in [1.165, 1.54) is 0 Å². The first-order valence-corrected chi connectivity index (χ1v) is 3.40. The van der Waals surface area contributed by atoms with E-state index in [4.69, 9.17) is 5.26 Å². The maximum absolute atomic E-state index is 11.0. The van der Waals surface area contributed by atoms with E-state index in [0.29, 0.717) is 5.56 Å². The largest absolute Gasteiger partial charge is 0.447 e. The van der Waals surface area contributed by atoms with Gasteiger partial charge in [-0.3, -0.25) is 0 Å². The molecule has 1 aromatic heterocycles. The number of carbonyl (C=O) groups excluding carboxylic acids is 1. The lowest BCUT2D eigenvalue weighted by molar-refractivity contribution is 0.0555. The van der Waals surface area contributed by atoms with Gasteiger partial charge in [-0.2, -0.15) is 5.26 Å². The van der Waals surface area contributed by atoms with Gasteiger partial charge in [0.25, 0.3) is 0 Å². The van der Waals surface area contributed by atoms with Crippen molar-refractivity contribution >= 4 is 5.97 Å². The highest BCUT2D eigenvalue weighted by Gasteiger charge is 2.06. The molecule has 0 N–H and O–H groups in total. The summed E-state index contributed by atoms with van der Waals surface area (Å²) < 4.78 is 6.32. The molecule has 0 radical (unpaired) electrons. The van der Waals surface area contributed by atoms with Gasteiger partial charge in [0.2, 0.25) is 0 Å². The van der Waals surface area contributed by atoms with Crippen LogP contribution in [0.25, 0.3) is 0 Å². The van der Waals surface area contributed by atoms with Crippen LogP contribution < -0.4 is 0 Å². The summed E-state index contributed by atoms with van der Waals surface area (Å²) >= 11 is 0. The Kier molecular flexibility index (Phi) is 2.49. The van der Waals surface area contributed by atoms with Crippen LogP contribution in [-0.2, 0) is 11.8 Å². The lowest BCUT2D eigenvalue weighted by Crippen LogP contribution is -2.03. The Hall–Kier alpha value is -1.76. The van der Waals surface area contributed by atoms with Crippen LogP contribution in [0.1, 0.15) is 10.4 Å². The number of nitriles is 1. The first kappa shape index (κ1) is 8.34. The molecule has 0 fully saturated rings. The first-order chi connectivity index (χ1) is 5.74. The summed E-state index contributed by atoms with van der Waals surface area (Å²) in [4.78, 5) is 11.0. The van der Waals surface area contributed by atoms with Crippen molar-refractivity contribution < 1.29 is 9.53 Å². The zero-order valence-corrected chi connectivity index (χ0v) is 6.65. The SMILES string of the molecule is Cn1ccc(C(=O)OCC#N)c1. The van der Waals surface area contributed by atoms with E-state index in [9.17, 15) is 4.79 Å². The van der Waals surface area contributed by atoms with Gasteiger partial charge in [0.15, 0.2) is 6.61 Å². The van der Waals surface area contributed by atoms with Gasteiger partial charge >= 0.3 is 5.97 Å². The minimum atomic E-state index is -0.461. The molecule has 0 aliphatic rings. The summed E-state index contributed by atoms with van der Waals surface area (Å²) in [5, 5.41) is 8.13. The van der Waals surface area contributed by atoms with Crippen molar-refractivity contribution in [3.63, 3.8) is 0 Å². The van der Waals surface area contributed by atoms with Gasteiger partial charge in [-0.25, -0.2) is 4.79 Å². The standard InChI is InChI=1S/C8H8N2O2/c1-10-4-2-7(6-10)8(11)12-5-3-9/h2,4,6H,5H2,1H3. The fraction of sp³-hybridized carbons (Fsp3) is 0.250. The number of aryl methyl sites for hydroxylation is 1. The molecule has 12 heavy (non-hydrogen) atoms. The molecule has 0 saturated heterocycles. The van der Waals surface area contributed by atoms with E-state index in [0.717, 1.165) is 0 Å². The van der Waals surface area contributed by atoms with Crippen molar-refractivity contribution in [1.82, 2.24) is 4.57 Å². The van der Waals surface area contributed by atoms with Gasteiger partial charge in [-0.15, -0.1) is 0 Å².